The summed E-state index contributed by atoms with van der Waals surface area (Å²) in [5.41, 5.74) is -3.01. The van der Waals surface area contributed by atoms with E-state index in [-0.39, 0.29) is 219 Å². The number of hydrogen-bond donors (Lipinski definition) is 0. The molecule has 12 nitrogen and oxygen atoms in total. The van der Waals surface area contributed by atoms with Crippen LogP contribution in [0.1, 0.15) is 624 Å². The van der Waals surface area contributed by atoms with Crippen molar-refractivity contribution in [2.75, 3.05) is 0 Å². The molecular weight excluding hydrogens is 1730 g/mol. The second-order valence-electron chi connectivity index (χ2n) is 47.1. The summed E-state index contributed by atoms with van der Waals surface area (Å²) >= 11 is 0. The average Bonchev–Trinajstić information content (AvgIpc) is 1.42. The minimum Gasteiger partial charge on any atom is -0.459 e. The summed E-state index contributed by atoms with van der Waals surface area (Å²) in [5.74, 6) is 13.6. The van der Waals surface area contributed by atoms with Gasteiger partial charge in [0.15, 0.2) is 0 Å². The van der Waals surface area contributed by atoms with Gasteiger partial charge in [-0.2, -0.15) is 0 Å². The van der Waals surface area contributed by atoms with Crippen LogP contribution in [-0.2, 0) is 57.2 Å². The molecule has 140 heavy (non-hydrogen) atoms. The monoisotopic (exact) mass is 2000 g/mol. The predicted molar refractivity (Wildman–Crippen MR) is 625 cm³/mol. The standard InChI is InChI=1S/C19H32O2.2C17H28O2.2C17H30O2.C14H24O2.6C2H6.15CH4/c1-6-17(2,3)16(20)21-18(4,5)19-10-13-7-14(11-19)9-15(8-13)12-19;1-5-16(2,3)15(18)19-17(4)13-7-11-6-12(9-13)10-14(17)8-11;1-5-16(2,3)15(18)19-17(4)10-11-9-14(17)13-8-6-7-12(11)13;1-5-16(2,3)15(18)19-17(4)12-8-10-13-9-6-7-11-14(13)17;1-5-16(2,3)15(18)19-17(4)11-10-13-8-6-7-9-14(13)12-17;1-5-13(2,3)12(15)16-14(4)9-10-6-7-11(14)8-10;6*1-2;;;;;;;;;;;;;;;/h13-15H,6-12H2,1-5H3;2*11-14H,5-10H2,1-4H3;2*13-14H,5-12H2,1-4H3;10-11H,5-9H2,1-4H3;6*1-2H3;15*1H4. The molecule has 0 aromatic rings. The lowest BCUT2D eigenvalue weighted by molar-refractivity contribution is -0.211. The van der Waals surface area contributed by atoms with E-state index in [0.29, 0.717) is 29.6 Å². The van der Waals surface area contributed by atoms with E-state index in [2.05, 4.69) is 83.1 Å². The molecule has 17 fully saturated rings. The summed E-state index contributed by atoms with van der Waals surface area (Å²) in [6.45, 7) is 75.6. The van der Waals surface area contributed by atoms with Crippen LogP contribution in [0.15, 0.2) is 0 Å². The van der Waals surface area contributed by atoms with Crippen LogP contribution in [0.2, 0.25) is 0 Å². The molecule has 0 heterocycles. The molecule has 0 aromatic heterocycles. The maximum Gasteiger partial charge on any atom is 0.312 e. The van der Waals surface area contributed by atoms with Crippen LogP contribution in [0.5, 0.6) is 0 Å². The molecule has 0 radical (unpaired) electrons. The molecular formula is C128H268O12. The van der Waals surface area contributed by atoms with Gasteiger partial charge in [0, 0.05) is 17.3 Å². The zero-order valence-corrected chi connectivity index (χ0v) is 89.5. The van der Waals surface area contributed by atoms with Crippen LogP contribution in [0.4, 0.5) is 0 Å². The lowest BCUT2D eigenvalue weighted by Gasteiger charge is -2.61. The Labute approximate surface area is 884 Å². The SMILES string of the molecule is C.C.C.C.C.C.C.C.C.C.C.C.C.C.C.CC.CC.CC.CC.CC.CC.CCC(C)(C)C(=O)OC(C)(C)C12CC3CC(CC(C3)C1)C2.CCC(C)(C)C(=O)OC1(C)C2CC3CC(C2)CC1C3.CCC(C)(C)C(=O)OC1(C)CC2CC1C1CCCC21.CCC(C)(C)C(=O)OC1(C)CC2CCC1C2.CCC(C)(C)C(=O)OC1(C)CCC2CCCCC2C1.CCC(C)(C)C(=O)OC1(C)CCCC2CCCCC21. The van der Waals surface area contributed by atoms with Gasteiger partial charge in [0.25, 0.3) is 0 Å². The Bertz CT molecular complexity index is 3190. The molecule has 852 valence electrons. The summed E-state index contributed by atoms with van der Waals surface area (Å²) in [6, 6.07) is 0. The van der Waals surface area contributed by atoms with Gasteiger partial charge in [0.05, 0.1) is 32.5 Å². The van der Waals surface area contributed by atoms with Crippen molar-refractivity contribution in [2.24, 2.45) is 139 Å². The van der Waals surface area contributed by atoms with Gasteiger partial charge < -0.3 is 28.4 Å². The largest absolute Gasteiger partial charge is 0.459 e. The molecule has 12 bridgehead atoms. The van der Waals surface area contributed by atoms with Crippen molar-refractivity contribution >= 4 is 35.8 Å². The quantitative estimate of drug-likeness (QED) is 0.0892. The van der Waals surface area contributed by atoms with Crippen LogP contribution in [0.25, 0.3) is 0 Å². The van der Waals surface area contributed by atoms with Crippen molar-refractivity contribution in [3.05, 3.63) is 0 Å². The van der Waals surface area contributed by atoms with Gasteiger partial charge in [-0.25, -0.2) is 0 Å². The molecule has 12 heteroatoms. The molecule has 0 aliphatic heterocycles. The molecule has 0 saturated heterocycles. The van der Waals surface area contributed by atoms with E-state index in [0.717, 1.165) is 142 Å². The van der Waals surface area contributed by atoms with Crippen LogP contribution < -0.4 is 0 Å². The first-order valence-corrected chi connectivity index (χ1v) is 53.9. The van der Waals surface area contributed by atoms with Crippen molar-refractivity contribution in [1.82, 2.24) is 0 Å². The van der Waals surface area contributed by atoms with E-state index in [1.54, 1.807) is 0 Å². The lowest BCUT2D eigenvalue weighted by Crippen LogP contribution is -2.58. The minimum absolute atomic E-state index is 0. The number of carbonyl (C=O) groups is 6. The second-order valence-corrected chi connectivity index (χ2v) is 47.1. The highest BCUT2D eigenvalue weighted by molar-refractivity contribution is 5.79. The number of fused-ring (bicyclic) bond motifs is 9. The lowest BCUT2D eigenvalue weighted by atomic mass is 9.46. The molecule has 14 unspecified atom stereocenters. The van der Waals surface area contributed by atoms with Gasteiger partial charge in [0.2, 0.25) is 0 Å². The Morgan fingerprint density at radius 3 is 0.964 bits per heavy atom. The molecule has 0 spiro atoms. The van der Waals surface area contributed by atoms with Crippen molar-refractivity contribution in [3.63, 3.8) is 0 Å². The van der Waals surface area contributed by atoms with Crippen molar-refractivity contribution < 1.29 is 57.2 Å². The van der Waals surface area contributed by atoms with E-state index in [4.69, 9.17) is 28.4 Å². The third kappa shape index (κ3) is 39.3. The third-order valence-corrected chi connectivity index (χ3v) is 36.3. The van der Waals surface area contributed by atoms with E-state index in [9.17, 15) is 28.8 Å². The summed E-state index contributed by atoms with van der Waals surface area (Å²) in [4.78, 5) is 74.3. The number of ether oxygens (including phenoxy) is 6. The van der Waals surface area contributed by atoms with E-state index in [1.165, 1.54) is 186 Å². The Morgan fingerprint density at radius 2 is 0.579 bits per heavy atom. The molecule has 0 N–H and O–H groups in total. The Kier molecular flexibility index (Phi) is 79.3. The fraction of sp³-hybridized carbons (Fsp3) is 0.953. The molecule has 14 atom stereocenters. The van der Waals surface area contributed by atoms with Gasteiger partial charge in [-0.1, -0.05) is 287 Å². The van der Waals surface area contributed by atoms with Crippen molar-refractivity contribution in [3.8, 4) is 0 Å². The zero-order valence-electron chi connectivity index (χ0n) is 89.5. The van der Waals surface area contributed by atoms with E-state index >= 15 is 0 Å². The van der Waals surface area contributed by atoms with Crippen LogP contribution in [-0.4, -0.2) is 69.4 Å². The van der Waals surface area contributed by atoms with Gasteiger partial charge >= 0.3 is 35.8 Å². The number of esters is 6. The van der Waals surface area contributed by atoms with Gasteiger partial charge in [-0.15, -0.1) is 0 Å². The number of rotatable bonds is 19. The number of hydrogen-bond acceptors (Lipinski definition) is 12. The van der Waals surface area contributed by atoms with Crippen LogP contribution in [0.3, 0.4) is 0 Å². The van der Waals surface area contributed by atoms with E-state index in [1.807, 2.05) is 173 Å². The smallest absolute Gasteiger partial charge is 0.312 e. The number of carbonyl (C=O) groups excluding carboxylic acids is 6. The predicted octanol–water partition coefficient (Wildman–Crippen LogP) is 42.0. The first-order valence-electron chi connectivity index (χ1n) is 53.9. The second kappa shape index (κ2) is 68.5. The van der Waals surface area contributed by atoms with Crippen LogP contribution >= 0.6 is 0 Å². The highest BCUT2D eigenvalue weighted by Crippen LogP contribution is 2.67. The highest BCUT2D eigenvalue weighted by Gasteiger charge is 2.64. The van der Waals surface area contributed by atoms with Crippen LogP contribution in [0, 0.1) is 139 Å². The third-order valence-electron chi connectivity index (χ3n) is 36.3. The maximum atomic E-state index is 12.6. The van der Waals surface area contributed by atoms with Crippen molar-refractivity contribution in [2.45, 2.75) is 658 Å². The van der Waals surface area contributed by atoms with Gasteiger partial charge in [0.1, 0.15) is 33.6 Å². The fourth-order valence-corrected chi connectivity index (χ4v) is 26.0. The zero-order chi connectivity index (χ0) is 95.3. The Hall–Kier alpha value is -3.18. The first kappa shape index (κ1) is 162. The molecule has 0 amide bonds. The van der Waals surface area contributed by atoms with E-state index < -0.39 is 0 Å². The topological polar surface area (TPSA) is 158 Å². The first-order chi connectivity index (χ1) is 58.5. The maximum absolute atomic E-state index is 12.6. The minimum atomic E-state index is -0.362. The molecule has 17 rings (SSSR count). The molecule has 17 aliphatic carbocycles. The Morgan fingerprint density at radius 1 is 0.250 bits per heavy atom. The average molecular weight is 2000 g/mol. The molecule has 17 aliphatic rings. The van der Waals surface area contributed by atoms with Gasteiger partial charge in [-0.3, -0.25) is 28.8 Å². The highest BCUT2D eigenvalue weighted by atomic mass is 16.6. The summed E-state index contributed by atoms with van der Waals surface area (Å²) in [6.07, 6.45) is 49.2. The van der Waals surface area contributed by atoms with Gasteiger partial charge in [-0.05, 0) is 426 Å². The molecule has 17 saturated carbocycles. The summed E-state index contributed by atoms with van der Waals surface area (Å²) < 4.78 is 36.2. The van der Waals surface area contributed by atoms with Crippen molar-refractivity contribution in [1.29, 1.82) is 0 Å². The normalized spacial score (nSPS) is 32.1. The molecule has 0 aromatic carbocycles. The summed E-state index contributed by atoms with van der Waals surface area (Å²) in [5, 5.41) is 0. The fourth-order valence-electron chi connectivity index (χ4n) is 26.0. The Balaban J connectivity index is -0.000000135. The summed E-state index contributed by atoms with van der Waals surface area (Å²) in [7, 11) is 0.